The first-order chi connectivity index (χ1) is 12.5. The largest absolute Gasteiger partial charge is 0.478 e. The summed E-state index contributed by atoms with van der Waals surface area (Å²) in [4.78, 5) is 22.7. The molecule has 0 spiro atoms. The van der Waals surface area contributed by atoms with Gasteiger partial charge >= 0.3 is 5.97 Å². The molecular weight excluding hydrogens is 400 g/mol. The third kappa shape index (κ3) is 4.05. The molecule has 1 aliphatic carbocycles. The summed E-state index contributed by atoms with van der Waals surface area (Å²) in [6.07, 6.45) is 1.83. The SMILES string of the molecule is COCC(=O)Nc1cc2c(cc1Br)C(Nc1ccc(C(=O)O)cc1)CC2. The molecule has 1 atom stereocenters. The highest BCUT2D eigenvalue weighted by Crippen LogP contribution is 2.38. The van der Waals surface area contributed by atoms with E-state index in [1.165, 1.54) is 18.2 Å². The molecule has 0 heterocycles. The van der Waals surface area contributed by atoms with Crippen LogP contribution >= 0.6 is 15.9 Å². The third-order valence-corrected chi connectivity index (χ3v) is 4.99. The second-order valence-corrected chi connectivity index (χ2v) is 6.98. The van der Waals surface area contributed by atoms with E-state index in [0.717, 1.165) is 28.7 Å². The van der Waals surface area contributed by atoms with Crippen LogP contribution in [0.25, 0.3) is 0 Å². The van der Waals surface area contributed by atoms with E-state index in [1.807, 2.05) is 12.1 Å². The summed E-state index contributed by atoms with van der Waals surface area (Å²) in [6.45, 7) is 0.0139. The minimum absolute atomic E-state index is 0.0139. The fourth-order valence-electron chi connectivity index (χ4n) is 3.10. The predicted molar refractivity (Wildman–Crippen MR) is 103 cm³/mol. The third-order valence-electron chi connectivity index (χ3n) is 4.33. The Hall–Kier alpha value is -2.38. The first-order valence-corrected chi connectivity index (χ1v) is 8.98. The number of carboxylic acids is 1. The zero-order valence-electron chi connectivity index (χ0n) is 14.2. The number of aryl methyl sites for hydroxylation is 1. The fraction of sp³-hybridized carbons (Fsp3) is 0.263. The monoisotopic (exact) mass is 418 g/mol. The molecule has 7 heteroatoms. The zero-order chi connectivity index (χ0) is 18.7. The average molecular weight is 419 g/mol. The maximum atomic E-state index is 11.7. The summed E-state index contributed by atoms with van der Waals surface area (Å²) in [5.74, 6) is -1.13. The van der Waals surface area contributed by atoms with Crippen molar-refractivity contribution in [3.05, 3.63) is 57.6 Å². The molecule has 3 N–H and O–H groups in total. The minimum Gasteiger partial charge on any atom is -0.478 e. The molecule has 2 aromatic carbocycles. The van der Waals surface area contributed by atoms with Crippen molar-refractivity contribution in [2.45, 2.75) is 18.9 Å². The van der Waals surface area contributed by atoms with E-state index in [-0.39, 0.29) is 24.1 Å². The first kappa shape index (κ1) is 18.4. The van der Waals surface area contributed by atoms with Crippen molar-refractivity contribution < 1.29 is 19.4 Å². The van der Waals surface area contributed by atoms with E-state index in [9.17, 15) is 9.59 Å². The maximum absolute atomic E-state index is 11.7. The van der Waals surface area contributed by atoms with Gasteiger partial charge < -0.3 is 20.5 Å². The first-order valence-electron chi connectivity index (χ1n) is 8.19. The van der Waals surface area contributed by atoms with Gasteiger partial charge in [-0.2, -0.15) is 0 Å². The fourth-order valence-corrected chi connectivity index (χ4v) is 3.56. The predicted octanol–water partition coefficient (Wildman–Crippen LogP) is 3.83. The topological polar surface area (TPSA) is 87.7 Å². The summed E-state index contributed by atoms with van der Waals surface area (Å²) in [5, 5.41) is 15.3. The highest BCUT2D eigenvalue weighted by atomic mass is 79.9. The van der Waals surface area contributed by atoms with E-state index >= 15 is 0 Å². The number of benzene rings is 2. The van der Waals surface area contributed by atoms with Crippen molar-refractivity contribution in [3.8, 4) is 0 Å². The lowest BCUT2D eigenvalue weighted by atomic mass is 10.1. The Balaban J connectivity index is 1.75. The van der Waals surface area contributed by atoms with Crippen molar-refractivity contribution in [1.82, 2.24) is 0 Å². The average Bonchev–Trinajstić information content (AvgIpc) is 2.97. The van der Waals surface area contributed by atoms with Gasteiger partial charge in [-0.3, -0.25) is 4.79 Å². The summed E-state index contributed by atoms with van der Waals surface area (Å²) >= 11 is 3.52. The number of carbonyl (C=O) groups is 2. The number of amides is 1. The number of methoxy groups -OCH3 is 1. The smallest absolute Gasteiger partial charge is 0.335 e. The molecule has 26 heavy (non-hydrogen) atoms. The van der Waals surface area contributed by atoms with Crippen molar-refractivity contribution in [2.24, 2.45) is 0 Å². The van der Waals surface area contributed by atoms with Crippen molar-refractivity contribution in [3.63, 3.8) is 0 Å². The van der Waals surface area contributed by atoms with Gasteiger partial charge in [-0.25, -0.2) is 4.79 Å². The molecule has 2 aromatic rings. The van der Waals surface area contributed by atoms with Gasteiger partial charge in [-0.05, 0) is 76.3 Å². The summed E-state index contributed by atoms with van der Waals surface area (Å²) in [5.41, 5.74) is 4.23. The van der Waals surface area contributed by atoms with Crippen LogP contribution in [0, 0.1) is 0 Å². The van der Waals surface area contributed by atoms with Crippen LogP contribution in [0.15, 0.2) is 40.9 Å². The molecule has 0 radical (unpaired) electrons. The summed E-state index contributed by atoms with van der Waals surface area (Å²) in [6, 6.07) is 10.9. The normalized spacial score (nSPS) is 15.4. The minimum atomic E-state index is -0.935. The molecule has 1 amide bonds. The van der Waals surface area contributed by atoms with Gasteiger partial charge in [-0.1, -0.05) is 0 Å². The summed E-state index contributed by atoms with van der Waals surface area (Å²) < 4.78 is 5.66. The van der Waals surface area contributed by atoms with Crippen molar-refractivity contribution in [2.75, 3.05) is 24.4 Å². The number of hydrogen-bond acceptors (Lipinski definition) is 4. The van der Waals surface area contributed by atoms with E-state index in [1.54, 1.807) is 24.3 Å². The molecule has 0 aromatic heterocycles. The van der Waals surface area contributed by atoms with Crippen LogP contribution in [0.4, 0.5) is 11.4 Å². The second-order valence-electron chi connectivity index (χ2n) is 6.13. The van der Waals surface area contributed by atoms with Gasteiger partial charge in [0.25, 0.3) is 0 Å². The van der Waals surface area contributed by atoms with Gasteiger partial charge in [0.15, 0.2) is 0 Å². The number of rotatable bonds is 6. The van der Waals surface area contributed by atoms with Crippen LogP contribution in [-0.4, -0.2) is 30.7 Å². The molecule has 0 aliphatic heterocycles. The summed E-state index contributed by atoms with van der Waals surface area (Å²) in [7, 11) is 1.48. The number of halogens is 1. The molecule has 0 saturated heterocycles. The van der Waals surface area contributed by atoms with Crippen LogP contribution in [0.1, 0.15) is 33.9 Å². The Bertz CT molecular complexity index is 836. The van der Waals surface area contributed by atoms with Crippen molar-refractivity contribution >= 4 is 39.2 Å². The van der Waals surface area contributed by atoms with Gasteiger partial charge in [0.2, 0.25) is 5.91 Å². The second kappa shape index (κ2) is 7.88. The van der Waals surface area contributed by atoms with E-state index in [2.05, 4.69) is 26.6 Å². The van der Waals surface area contributed by atoms with Gasteiger partial charge in [0.05, 0.1) is 17.3 Å². The molecule has 6 nitrogen and oxygen atoms in total. The Morgan fingerprint density at radius 2 is 2.00 bits per heavy atom. The molecule has 1 unspecified atom stereocenters. The van der Waals surface area contributed by atoms with Crippen LogP contribution in [0.3, 0.4) is 0 Å². The highest BCUT2D eigenvalue weighted by Gasteiger charge is 2.24. The molecular formula is C19H19BrN2O4. The number of hydrogen-bond donors (Lipinski definition) is 3. The molecule has 0 fully saturated rings. The molecule has 0 saturated carbocycles. The molecule has 1 aliphatic rings. The van der Waals surface area contributed by atoms with Crippen LogP contribution in [-0.2, 0) is 16.0 Å². The lowest BCUT2D eigenvalue weighted by Gasteiger charge is -2.17. The van der Waals surface area contributed by atoms with Crippen LogP contribution in [0.2, 0.25) is 0 Å². The zero-order valence-corrected chi connectivity index (χ0v) is 15.8. The number of nitrogens with one attached hydrogen (secondary N) is 2. The Morgan fingerprint density at radius 3 is 2.65 bits per heavy atom. The van der Waals surface area contributed by atoms with Gasteiger partial charge in [0.1, 0.15) is 6.61 Å². The number of aromatic carboxylic acids is 1. The highest BCUT2D eigenvalue weighted by molar-refractivity contribution is 9.10. The van der Waals surface area contributed by atoms with E-state index < -0.39 is 5.97 Å². The van der Waals surface area contributed by atoms with Gasteiger partial charge in [0, 0.05) is 17.3 Å². The number of carbonyl (C=O) groups excluding carboxylic acids is 1. The number of anilines is 2. The molecule has 136 valence electrons. The van der Waals surface area contributed by atoms with E-state index in [0.29, 0.717) is 0 Å². The quantitative estimate of drug-likeness (QED) is 0.663. The standard InChI is InChI=1S/C19H19BrN2O4/c1-26-10-18(23)22-17-8-12-4-7-16(14(12)9-15(17)20)21-13-5-2-11(3-6-13)19(24)25/h2-3,5-6,8-9,16,21H,4,7,10H2,1H3,(H,22,23)(H,24,25). The number of carboxylic acid groups (broad SMARTS) is 1. The van der Waals surface area contributed by atoms with Gasteiger partial charge in [-0.15, -0.1) is 0 Å². The number of fused-ring (bicyclic) bond motifs is 1. The number of ether oxygens (including phenoxy) is 1. The Labute approximate surface area is 159 Å². The van der Waals surface area contributed by atoms with Crippen LogP contribution < -0.4 is 10.6 Å². The molecule has 0 bridgehead atoms. The Morgan fingerprint density at radius 1 is 1.27 bits per heavy atom. The lowest BCUT2D eigenvalue weighted by molar-refractivity contribution is -0.119. The lowest BCUT2D eigenvalue weighted by Crippen LogP contribution is -2.17. The molecule has 3 rings (SSSR count). The van der Waals surface area contributed by atoms with Crippen LogP contribution in [0.5, 0.6) is 0 Å². The van der Waals surface area contributed by atoms with Crippen molar-refractivity contribution in [1.29, 1.82) is 0 Å². The van der Waals surface area contributed by atoms with E-state index in [4.69, 9.17) is 9.84 Å². The Kier molecular flexibility index (Phi) is 5.58. The maximum Gasteiger partial charge on any atom is 0.335 e.